The molecule has 0 aliphatic carbocycles. The van der Waals surface area contributed by atoms with Crippen molar-refractivity contribution in [1.82, 2.24) is 10.2 Å². The van der Waals surface area contributed by atoms with Crippen LogP contribution in [0, 0.1) is 17.2 Å². The summed E-state index contributed by atoms with van der Waals surface area (Å²) in [6, 6.07) is 15.2. The van der Waals surface area contributed by atoms with Crippen molar-refractivity contribution in [2.45, 2.75) is 19.4 Å². The zero-order valence-corrected chi connectivity index (χ0v) is 13.0. The smallest absolute Gasteiger partial charge is 0.319 e. The largest absolute Gasteiger partial charge is 0.325 e. The number of hydrogen-bond donors (Lipinski definition) is 1. The Morgan fingerprint density at radius 2 is 1.91 bits per heavy atom. The monoisotopic (exact) mass is 307 g/mol. The Morgan fingerprint density at radius 3 is 2.61 bits per heavy atom. The number of carbonyl (C=O) groups excluding carboxylic acids is 2. The molecule has 0 radical (unpaired) electrons. The van der Waals surface area contributed by atoms with Crippen molar-refractivity contribution in [3.05, 3.63) is 48.0 Å². The number of carbonyl (C=O) groups is 2. The van der Waals surface area contributed by atoms with Crippen molar-refractivity contribution < 1.29 is 9.59 Å². The van der Waals surface area contributed by atoms with Crippen LogP contribution in [0.3, 0.4) is 0 Å². The van der Waals surface area contributed by atoms with E-state index in [9.17, 15) is 9.59 Å². The number of amides is 3. The molecule has 2 aromatic rings. The molecule has 1 saturated heterocycles. The van der Waals surface area contributed by atoms with Gasteiger partial charge in [-0.25, -0.2) is 4.79 Å². The van der Waals surface area contributed by atoms with Gasteiger partial charge in [0.15, 0.2) is 0 Å². The Morgan fingerprint density at radius 1 is 1.22 bits per heavy atom. The Labute approximate surface area is 134 Å². The van der Waals surface area contributed by atoms with Crippen molar-refractivity contribution in [2.24, 2.45) is 5.92 Å². The van der Waals surface area contributed by atoms with Gasteiger partial charge in [-0.3, -0.25) is 9.69 Å². The minimum atomic E-state index is -1.10. The first-order valence-corrected chi connectivity index (χ1v) is 7.48. The van der Waals surface area contributed by atoms with Crippen LogP contribution in [0.1, 0.15) is 19.4 Å². The molecule has 5 nitrogen and oxygen atoms in total. The standard InChI is InChI=1S/C18H17N3O2/c1-12(10-19)11-21-16(22)18(2,20-17(21)23)15-8-7-13-5-3-4-6-14(13)9-15/h3-9,12H,11H2,1-2H3,(H,20,23)/t12-,18-/m0/s1. The highest BCUT2D eigenvalue weighted by atomic mass is 16.2. The number of nitrogens with zero attached hydrogens (tertiary/aromatic N) is 2. The molecule has 1 heterocycles. The summed E-state index contributed by atoms with van der Waals surface area (Å²) < 4.78 is 0. The van der Waals surface area contributed by atoms with Crippen molar-refractivity contribution in [3.63, 3.8) is 0 Å². The summed E-state index contributed by atoms with van der Waals surface area (Å²) in [6.45, 7) is 3.49. The predicted molar refractivity (Wildman–Crippen MR) is 86.3 cm³/mol. The van der Waals surface area contributed by atoms with Crippen LogP contribution < -0.4 is 5.32 Å². The van der Waals surface area contributed by atoms with Gasteiger partial charge in [-0.05, 0) is 36.2 Å². The highest BCUT2D eigenvalue weighted by Gasteiger charge is 2.49. The molecule has 1 fully saturated rings. The Kier molecular flexibility index (Phi) is 3.53. The molecule has 0 aromatic heterocycles. The van der Waals surface area contributed by atoms with Crippen molar-refractivity contribution in [1.29, 1.82) is 5.26 Å². The lowest BCUT2D eigenvalue weighted by Crippen LogP contribution is -2.41. The number of hydrogen-bond acceptors (Lipinski definition) is 3. The molecule has 3 rings (SSSR count). The molecular formula is C18H17N3O2. The summed E-state index contributed by atoms with van der Waals surface area (Å²) >= 11 is 0. The van der Waals surface area contributed by atoms with Gasteiger partial charge >= 0.3 is 6.03 Å². The Bertz CT molecular complexity index is 840. The average Bonchev–Trinajstić information content (AvgIpc) is 2.78. The second kappa shape index (κ2) is 5.40. The maximum Gasteiger partial charge on any atom is 0.325 e. The molecule has 1 aliphatic heterocycles. The predicted octanol–water partition coefficient (Wildman–Crippen LogP) is 2.77. The summed E-state index contributed by atoms with van der Waals surface area (Å²) in [5.41, 5.74) is -0.363. The van der Waals surface area contributed by atoms with Gasteiger partial charge in [0.25, 0.3) is 5.91 Å². The molecule has 1 N–H and O–H groups in total. The van der Waals surface area contributed by atoms with Gasteiger partial charge in [-0.2, -0.15) is 5.26 Å². The molecule has 0 spiro atoms. The van der Waals surface area contributed by atoms with E-state index in [1.165, 1.54) is 0 Å². The van der Waals surface area contributed by atoms with Gasteiger partial charge in [-0.1, -0.05) is 36.4 Å². The summed E-state index contributed by atoms with van der Waals surface area (Å²) in [4.78, 5) is 26.1. The zero-order valence-electron chi connectivity index (χ0n) is 13.0. The fourth-order valence-corrected chi connectivity index (χ4v) is 2.87. The summed E-state index contributed by atoms with van der Waals surface area (Å²) in [5, 5.41) is 13.8. The molecule has 0 bridgehead atoms. The van der Waals surface area contributed by atoms with Gasteiger partial charge in [0.2, 0.25) is 0 Å². The lowest BCUT2D eigenvalue weighted by Gasteiger charge is -2.23. The van der Waals surface area contributed by atoms with E-state index in [1.807, 2.05) is 42.5 Å². The van der Waals surface area contributed by atoms with Crippen molar-refractivity contribution >= 4 is 22.7 Å². The maximum absolute atomic E-state index is 12.8. The lowest BCUT2D eigenvalue weighted by atomic mass is 9.90. The SMILES string of the molecule is C[C@@H](C#N)CN1C(=O)N[C@@](C)(c2ccc3ccccc3c2)C1=O. The Hall–Kier alpha value is -2.87. The molecule has 2 aromatic carbocycles. The van der Waals surface area contributed by atoms with E-state index in [-0.39, 0.29) is 12.5 Å². The highest BCUT2D eigenvalue weighted by Crippen LogP contribution is 2.31. The first kappa shape index (κ1) is 15.0. The van der Waals surface area contributed by atoms with Crippen molar-refractivity contribution in [2.75, 3.05) is 6.54 Å². The first-order valence-electron chi connectivity index (χ1n) is 7.48. The van der Waals surface area contributed by atoms with Crippen LogP contribution in [-0.4, -0.2) is 23.4 Å². The minimum Gasteiger partial charge on any atom is -0.319 e. The van der Waals surface area contributed by atoms with Crippen LogP contribution in [0.15, 0.2) is 42.5 Å². The molecule has 0 unspecified atom stereocenters. The molecular weight excluding hydrogens is 290 g/mol. The molecule has 23 heavy (non-hydrogen) atoms. The second-order valence-corrected chi connectivity index (χ2v) is 6.06. The lowest BCUT2D eigenvalue weighted by molar-refractivity contribution is -0.131. The number of rotatable bonds is 3. The zero-order chi connectivity index (χ0) is 16.6. The minimum absolute atomic E-state index is 0.102. The Balaban J connectivity index is 1.99. The third-order valence-corrected chi connectivity index (χ3v) is 4.28. The highest BCUT2D eigenvalue weighted by molar-refractivity contribution is 6.07. The van der Waals surface area contributed by atoms with E-state index in [0.717, 1.165) is 21.2 Å². The molecule has 2 atom stereocenters. The van der Waals surface area contributed by atoms with Crippen LogP contribution in [0.2, 0.25) is 0 Å². The van der Waals surface area contributed by atoms with Crippen LogP contribution >= 0.6 is 0 Å². The summed E-state index contributed by atoms with van der Waals surface area (Å²) in [7, 11) is 0. The van der Waals surface area contributed by atoms with Crippen LogP contribution in [-0.2, 0) is 10.3 Å². The third kappa shape index (κ3) is 2.42. The van der Waals surface area contributed by atoms with Crippen LogP contribution in [0.25, 0.3) is 10.8 Å². The number of imide groups is 1. The van der Waals surface area contributed by atoms with Crippen LogP contribution in [0.4, 0.5) is 4.79 Å². The second-order valence-electron chi connectivity index (χ2n) is 6.06. The van der Waals surface area contributed by atoms with Crippen molar-refractivity contribution in [3.8, 4) is 6.07 Å². The van der Waals surface area contributed by atoms with E-state index in [4.69, 9.17) is 5.26 Å². The van der Waals surface area contributed by atoms with Gasteiger partial charge in [-0.15, -0.1) is 0 Å². The maximum atomic E-state index is 12.8. The normalized spacial score (nSPS) is 22.0. The van der Waals surface area contributed by atoms with E-state index in [1.54, 1.807) is 13.8 Å². The van der Waals surface area contributed by atoms with E-state index in [0.29, 0.717) is 0 Å². The topological polar surface area (TPSA) is 73.2 Å². The fourth-order valence-electron chi connectivity index (χ4n) is 2.87. The average molecular weight is 307 g/mol. The number of nitriles is 1. The number of benzene rings is 2. The van der Waals surface area contributed by atoms with Gasteiger partial charge in [0.1, 0.15) is 5.54 Å². The number of fused-ring (bicyclic) bond motifs is 1. The number of nitrogens with one attached hydrogen (secondary N) is 1. The van der Waals surface area contributed by atoms with Gasteiger partial charge in [0, 0.05) is 6.54 Å². The quantitative estimate of drug-likeness (QED) is 0.886. The first-order chi connectivity index (χ1) is 11.0. The van der Waals surface area contributed by atoms with Gasteiger partial charge < -0.3 is 5.32 Å². The van der Waals surface area contributed by atoms with E-state index in [2.05, 4.69) is 11.4 Å². The molecule has 1 aliphatic rings. The molecule has 5 heteroatoms. The van der Waals surface area contributed by atoms with Crippen LogP contribution in [0.5, 0.6) is 0 Å². The number of urea groups is 1. The fraction of sp³-hybridized carbons (Fsp3) is 0.278. The summed E-state index contributed by atoms with van der Waals surface area (Å²) in [6.07, 6.45) is 0. The molecule has 3 amide bonds. The molecule has 116 valence electrons. The van der Waals surface area contributed by atoms with E-state index >= 15 is 0 Å². The summed E-state index contributed by atoms with van der Waals surface area (Å²) in [5.74, 6) is -0.719. The van der Waals surface area contributed by atoms with E-state index < -0.39 is 17.5 Å². The molecule has 0 saturated carbocycles. The third-order valence-electron chi connectivity index (χ3n) is 4.28. The van der Waals surface area contributed by atoms with Gasteiger partial charge in [0.05, 0.1) is 12.0 Å².